The predicted octanol–water partition coefficient (Wildman–Crippen LogP) is 1.76. The van der Waals surface area contributed by atoms with Crippen LogP contribution >= 0.6 is 15.9 Å². The molecule has 1 atom stereocenters. The average Bonchev–Trinajstić information content (AvgIpc) is 2.73. The van der Waals surface area contributed by atoms with Crippen LogP contribution in [0.4, 0.5) is 5.82 Å². The maximum absolute atomic E-state index is 11.9. The fourth-order valence-electron chi connectivity index (χ4n) is 1.67. The van der Waals surface area contributed by atoms with Crippen LogP contribution < -0.4 is 4.72 Å². The number of ether oxygens (including phenoxy) is 1. The third kappa shape index (κ3) is 3.65. The Kier molecular flexibility index (Phi) is 4.01. The molecule has 1 unspecified atom stereocenters. The zero-order valence-corrected chi connectivity index (χ0v) is 11.5. The molecule has 1 aromatic heterocycles. The van der Waals surface area contributed by atoms with Gasteiger partial charge in [0.2, 0.25) is 10.0 Å². The Balaban J connectivity index is 2.04. The molecule has 0 aliphatic carbocycles. The van der Waals surface area contributed by atoms with Crippen LogP contribution in [0.1, 0.15) is 12.8 Å². The monoisotopic (exact) mass is 320 g/mol. The lowest BCUT2D eigenvalue weighted by Crippen LogP contribution is -2.26. The van der Waals surface area contributed by atoms with Gasteiger partial charge in [0.25, 0.3) is 0 Å². The van der Waals surface area contributed by atoms with Crippen molar-refractivity contribution in [2.75, 3.05) is 17.1 Å². The van der Waals surface area contributed by atoms with Crippen LogP contribution in [0.2, 0.25) is 0 Å². The largest absolute Gasteiger partial charge is 0.377 e. The van der Waals surface area contributed by atoms with Crippen molar-refractivity contribution in [2.24, 2.45) is 0 Å². The predicted molar refractivity (Wildman–Crippen MR) is 68.3 cm³/mol. The van der Waals surface area contributed by atoms with Gasteiger partial charge in [0.15, 0.2) is 5.82 Å². The lowest BCUT2D eigenvalue weighted by atomic mass is 10.3. The van der Waals surface area contributed by atoms with Crippen LogP contribution in [-0.4, -0.2) is 31.9 Å². The fourth-order valence-corrected chi connectivity index (χ4v) is 3.45. The maximum atomic E-state index is 11.9. The van der Waals surface area contributed by atoms with E-state index in [9.17, 15) is 8.42 Å². The molecule has 0 bridgehead atoms. The number of hydrogen-bond donors (Lipinski definition) is 1. The molecule has 7 heteroatoms. The fraction of sp³-hybridized carbons (Fsp3) is 0.500. The van der Waals surface area contributed by atoms with E-state index in [0.717, 1.165) is 12.8 Å². The first kappa shape index (κ1) is 12.8. The summed E-state index contributed by atoms with van der Waals surface area (Å²) in [5.41, 5.74) is 0. The summed E-state index contributed by atoms with van der Waals surface area (Å²) in [7, 11) is -3.41. The van der Waals surface area contributed by atoms with Crippen LogP contribution in [0.15, 0.2) is 22.8 Å². The Morgan fingerprint density at radius 1 is 1.59 bits per heavy atom. The molecule has 2 heterocycles. The smallest absolute Gasteiger partial charge is 0.236 e. The number of anilines is 1. The summed E-state index contributed by atoms with van der Waals surface area (Å²) < 4.78 is 32.1. The molecule has 0 amide bonds. The number of sulfonamides is 1. The van der Waals surface area contributed by atoms with E-state index in [4.69, 9.17) is 4.74 Å². The Morgan fingerprint density at radius 3 is 3.06 bits per heavy atom. The third-order valence-corrected chi connectivity index (χ3v) is 4.39. The first-order valence-corrected chi connectivity index (χ1v) is 7.74. The number of nitrogens with zero attached hydrogens (tertiary/aromatic N) is 1. The minimum atomic E-state index is -3.41. The van der Waals surface area contributed by atoms with Gasteiger partial charge in [0, 0.05) is 12.8 Å². The second kappa shape index (κ2) is 5.32. The van der Waals surface area contributed by atoms with Crippen LogP contribution in [0, 0.1) is 0 Å². The van der Waals surface area contributed by atoms with Gasteiger partial charge in [-0.3, -0.25) is 4.72 Å². The van der Waals surface area contributed by atoms with Crippen LogP contribution in [0.5, 0.6) is 0 Å². The van der Waals surface area contributed by atoms with Crippen LogP contribution in [0.3, 0.4) is 0 Å². The van der Waals surface area contributed by atoms with Gasteiger partial charge in [-0.1, -0.05) is 0 Å². The molecular weight excluding hydrogens is 308 g/mol. The Bertz CT molecular complexity index is 486. The van der Waals surface area contributed by atoms with E-state index < -0.39 is 10.0 Å². The zero-order valence-electron chi connectivity index (χ0n) is 9.10. The molecule has 1 N–H and O–H groups in total. The number of halogens is 1. The molecule has 1 saturated heterocycles. The van der Waals surface area contributed by atoms with E-state index in [2.05, 4.69) is 25.6 Å². The van der Waals surface area contributed by atoms with Crippen molar-refractivity contribution in [3.05, 3.63) is 22.8 Å². The summed E-state index contributed by atoms with van der Waals surface area (Å²) in [5.74, 6) is 0.293. The molecule has 0 saturated carbocycles. The van der Waals surface area contributed by atoms with Crippen molar-refractivity contribution >= 4 is 31.8 Å². The molecule has 94 valence electrons. The highest BCUT2D eigenvalue weighted by molar-refractivity contribution is 9.10. The van der Waals surface area contributed by atoms with E-state index in [-0.39, 0.29) is 11.9 Å². The van der Waals surface area contributed by atoms with Gasteiger partial charge < -0.3 is 4.74 Å². The van der Waals surface area contributed by atoms with Gasteiger partial charge in [0.1, 0.15) is 0 Å². The van der Waals surface area contributed by atoms with Gasteiger partial charge >= 0.3 is 0 Å². The number of rotatable bonds is 4. The highest BCUT2D eigenvalue weighted by Gasteiger charge is 2.23. The zero-order chi connectivity index (χ0) is 12.3. The van der Waals surface area contributed by atoms with Gasteiger partial charge in [-0.25, -0.2) is 13.4 Å². The van der Waals surface area contributed by atoms with Crippen molar-refractivity contribution in [3.8, 4) is 0 Å². The van der Waals surface area contributed by atoms with Crippen molar-refractivity contribution in [3.63, 3.8) is 0 Å². The van der Waals surface area contributed by atoms with Crippen molar-refractivity contribution in [1.29, 1.82) is 0 Å². The summed E-state index contributed by atoms with van der Waals surface area (Å²) in [5, 5.41) is 0. The number of hydrogen-bond acceptors (Lipinski definition) is 4. The normalized spacial score (nSPS) is 20.4. The van der Waals surface area contributed by atoms with Gasteiger partial charge in [-0.15, -0.1) is 0 Å². The molecule has 1 fully saturated rings. The summed E-state index contributed by atoms with van der Waals surface area (Å²) in [6.45, 7) is 0.646. The van der Waals surface area contributed by atoms with Crippen LogP contribution in [0.25, 0.3) is 0 Å². The molecule has 1 aromatic rings. The summed E-state index contributed by atoms with van der Waals surface area (Å²) in [6.07, 6.45) is 3.06. The number of aromatic nitrogens is 1. The molecule has 0 spiro atoms. The topological polar surface area (TPSA) is 68.3 Å². The third-order valence-electron chi connectivity index (χ3n) is 2.44. The second-order valence-electron chi connectivity index (χ2n) is 3.85. The van der Waals surface area contributed by atoms with Gasteiger partial charge in [0.05, 0.1) is 16.3 Å². The molecule has 1 aliphatic rings. The maximum Gasteiger partial charge on any atom is 0.236 e. The molecule has 17 heavy (non-hydrogen) atoms. The van der Waals surface area contributed by atoms with E-state index in [1.165, 1.54) is 6.20 Å². The molecule has 1 aliphatic heterocycles. The molecule has 5 nitrogen and oxygen atoms in total. The lowest BCUT2D eigenvalue weighted by molar-refractivity contribution is 0.127. The minimum absolute atomic E-state index is 0.0178. The standard InChI is InChI=1S/C10H13BrN2O3S/c11-9-4-1-5-12-10(9)13-17(14,15)7-8-3-2-6-16-8/h1,4-5,8H,2-3,6-7H2,(H,12,13). The Morgan fingerprint density at radius 2 is 2.41 bits per heavy atom. The summed E-state index contributed by atoms with van der Waals surface area (Å²) in [4.78, 5) is 3.96. The van der Waals surface area contributed by atoms with Crippen molar-refractivity contribution in [2.45, 2.75) is 18.9 Å². The molecule has 0 radical (unpaired) electrons. The van der Waals surface area contributed by atoms with E-state index in [1.54, 1.807) is 12.1 Å². The molecular formula is C10H13BrN2O3S. The van der Waals surface area contributed by atoms with E-state index >= 15 is 0 Å². The average molecular weight is 321 g/mol. The molecule has 0 aromatic carbocycles. The van der Waals surface area contributed by atoms with Crippen LogP contribution in [-0.2, 0) is 14.8 Å². The first-order chi connectivity index (χ1) is 8.07. The lowest BCUT2D eigenvalue weighted by Gasteiger charge is -2.12. The van der Waals surface area contributed by atoms with E-state index in [1.807, 2.05) is 0 Å². The quantitative estimate of drug-likeness (QED) is 0.918. The highest BCUT2D eigenvalue weighted by Crippen LogP contribution is 2.21. The van der Waals surface area contributed by atoms with E-state index in [0.29, 0.717) is 16.9 Å². The number of nitrogens with one attached hydrogen (secondary N) is 1. The Hall–Kier alpha value is -0.660. The minimum Gasteiger partial charge on any atom is -0.377 e. The number of pyridine rings is 1. The highest BCUT2D eigenvalue weighted by atomic mass is 79.9. The van der Waals surface area contributed by atoms with Crippen molar-refractivity contribution < 1.29 is 13.2 Å². The van der Waals surface area contributed by atoms with Crippen molar-refractivity contribution in [1.82, 2.24) is 4.98 Å². The summed E-state index contributed by atoms with van der Waals surface area (Å²) >= 11 is 3.24. The first-order valence-electron chi connectivity index (χ1n) is 5.29. The summed E-state index contributed by atoms with van der Waals surface area (Å²) in [6, 6.07) is 3.46. The molecule has 2 rings (SSSR count). The van der Waals surface area contributed by atoms with Gasteiger partial charge in [-0.2, -0.15) is 0 Å². The second-order valence-corrected chi connectivity index (χ2v) is 6.47. The Labute approximate surface area is 109 Å². The SMILES string of the molecule is O=S(=O)(CC1CCCO1)Nc1ncccc1Br. The van der Waals surface area contributed by atoms with Gasteiger partial charge in [-0.05, 0) is 40.9 Å².